The van der Waals surface area contributed by atoms with E-state index in [2.05, 4.69) is 21.3 Å². The molecule has 1 heterocycles. The van der Waals surface area contributed by atoms with Crippen molar-refractivity contribution in [1.82, 2.24) is 10.2 Å². The van der Waals surface area contributed by atoms with E-state index in [-0.39, 0.29) is 5.54 Å². The molecule has 1 fully saturated rings. The molecule has 18 heavy (non-hydrogen) atoms. The van der Waals surface area contributed by atoms with E-state index >= 15 is 0 Å². The molecule has 1 aliphatic rings. The second-order valence-electron chi connectivity index (χ2n) is 4.77. The lowest BCUT2D eigenvalue weighted by atomic mass is 9.88. The van der Waals surface area contributed by atoms with Gasteiger partial charge in [-0.25, -0.2) is 4.79 Å². The summed E-state index contributed by atoms with van der Waals surface area (Å²) < 4.78 is 0. The van der Waals surface area contributed by atoms with E-state index in [0.717, 1.165) is 42.0 Å². The summed E-state index contributed by atoms with van der Waals surface area (Å²) in [6, 6.07) is 6.12. The van der Waals surface area contributed by atoms with Crippen LogP contribution in [0.2, 0.25) is 0 Å². The number of aliphatic imine (C=N–C) groups is 1. The molecule has 1 saturated carbocycles. The van der Waals surface area contributed by atoms with Crippen molar-refractivity contribution in [2.24, 2.45) is 4.99 Å². The lowest BCUT2D eigenvalue weighted by Gasteiger charge is -2.23. The van der Waals surface area contributed by atoms with Crippen molar-refractivity contribution in [2.45, 2.75) is 31.2 Å². The van der Waals surface area contributed by atoms with Crippen molar-refractivity contribution in [3.05, 3.63) is 36.2 Å². The highest BCUT2D eigenvalue weighted by Gasteiger charge is 2.35. The molecule has 0 saturated heterocycles. The third kappa shape index (κ3) is 1.71. The van der Waals surface area contributed by atoms with Gasteiger partial charge in [0.05, 0.1) is 17.9 Å². The van der Waals surface area contributed by atoms with Crippen LogP contribution in [0.5, 0.6) is 0 Å². The predicted octanol–water partition coefficient (Wildman–Crippen LogP) is 2.73. The minimum atomic E-state index is -0.362. The topological polar surface area (TPSA) is 55.2 Å². The van der Waals surface area contributed by atoms with Gasteiger partial charge in [-0.2, -0.15) is 15.2 Å². The molecule has 0 bridgehead atoms. The Labute approximate surface area is 105 Å². The molecule has 0 unspecified atom stereocenters. The van der Waals surface area contributed by atoms with Crippen molar-refractivity contribution in [3.63, 3.8) is 0 Å². The van der Waals surface area contributed by atoms with Gasteiger partial charge in [-0.1, -0.05) is 25.0 Å². The zero-order valence-corrected chi connectivity index (χ0v) is 9.97. The Morgan fingerprint density at radius 2 is 1.83 bits per heavy atom. The van der Waals surface area contributed by atoms with Crippen LogP contribution >= 0.6 is 0 Å². The zero-order valence-electron chi connectivity index (χ0n) is 9.97. The Hall–Kier alpha value is -2.06. The Kier molecular flexibility index (Phi) is 2.65. The molecule has 2 aromatic rings. The molecule has 90 valence electrons. The molecule has 0 atom stereocenters. The molecule has 1 aliphatic carbocycles. The van der Waals surface area contributed by atoms with Gasteiger partial charge in [0.2, 0.25) is 6.08 Å². The maximum atomic E-state index is 10.7. The van der Waals surface area contributed by atoms with Gasteiger partial charge in [0.25, 0.3) is 0 Å². The summed E-state index contributed by atoms with van der Waals surface area (Å²) in [5.41, 5.74) is 0.725. The van der Waals surface area contributed by atoms with Crippen molar-refractivity contribution < 1.29 is 4.79 Å². The van der Waals surface area contributed by atoms with Crippen LogP contribution in [0.25, 0.3) is 10.8 Å². The average Bonchev–Trinajstić information content (AvgIpc) is 2.88. The minimum Gasteiger partial charge on any atom is -0.211 e. The van der Waals surface area contributed by atoms with E-state index in [0.29, 0.717) is 0 Å². The van der Waals surface area contributed by atoms with E-state index in [1.807, 2.05) is 12.1 Å². The number of isocyanates is 1. The van der Waals surface area contributed by atoms with E-state index in [1.54, 1.807) is 18.5 Å². The molecule has 0 aliphatic heterocycles. The van der Waals surface area contributed by atoms with E-state index in [1.165, 1.54) is 0 Å². The minimum absolute atomic E-state index is 0.362. The summed E-state index contributed by atoms with van der Waals surface area (Å²) in [6.45, 7) is 0. The first kappa shape index (κ1) is 11.1. The number of benzene rings is 1. The van der Waals surface area contributed by atoms with Gasteiger partial charge < -0.3 is 0 Å². The first-order valence-corrected chi connectivity index (χ1v) is 6.14. The molecule has 0 spiro atoms. The molecule has 4 nitrogen and oxygen atoms in total. The van der Waals surface area contributed by atoms with Gasteiger partial charge in [0.1, 0.15) is 0 Å². The number of rotatable bonds is 2. The van der Waals surface area contributed by atoms with Gasteiger partial charge in [-0.15, -0.1) is 0 Å². The molecule has 0 N–H and O–H groups in total. The predicted molar refractivity (Wildman–Crippen MR) is 67.8 cm³/mol. The highest BCUT2D eigenvalue weighted by Crippen LogP contribution is 2.42. The maximum Gasteiger partial charge on any atom is 0.235 e. The van der Waals surface area contributed by atoms with Gasteiger partial charge in [-0.05, 0) is 24.5 Å². The van der Waals surface area contributed by atoms with E-state index in [9.17, 15) is 4.79 Å². The van der Waals surface area contributed by atoms with Crippen molar-refractivity contribution in [2.75, 3.05) is 0 Å². The number of carbonyl (C=O) groups excluding carboxylic acids is 1. The highest BCUT2D eigenvalue weighted by molar-refractivity contribution is 5.81. The number of aromatic nitrogens is 2. The zero-order chi connectivity index (χ0) is 12.4. The maximum absolute atomic E-state index is 10.7. The number of nitrogens with zero attached hydrogens (tertiary/aromatic N) is 3. The van der Waals surface area contributed by atoms with Gasteiger partial charge in [0, 0.05) is 10.8 Å². The fraction of sp³-hybridized carbons (Fsp3) is 0.357. The summed E-state index contributed by atoms with van der Waals surface area (Å²) in [7, 11) is 0. The first-order valence-electron chi connectivity index (χ1n) is 6.14. The van der Waals surface area contributed by atoms with E-state index in [4.69, 9.17) is 0 Å². The van der Waals surface area contributed by atoms with Crippen LogP contribution < -0.4 is 0 Å². The SMILES string of the molecule is O=C=NC1(c2ccc3cnncc3c2)CCCC1. The third-order valence-electron chi connectivity index (χ3n) is 3.77. The summed E-state index contributed by atoms with van der Waals surface area (Å²) in [4.78, 5) is 14.8. The Morgan fingerprint density at radius 3 is 2.56 bits per heavy atom. The van der Waals surface area contributed by atoms with Crippen molar-refractivity contribution in [1.29, 1.82) is 0 Å². The fourth-order valence-corrected chi connectivity index (χ4v) is 2.80. The van der Waals surface area contributed by atoms with Gasteiger partial charge in [-0.3, -0.25) is 0 Å². The number of fused-ring (bicyclic) bond motifs is 1. The van der Waals surface area contributed by atoms with Crippen LogP contribution in [0.15, 0.2) is 35.6 Å². The van der Waals surface area contributed by atoms with Crippen molar-refractivity contribution in [3.8, 4) is 0 Å². The molecular formula is C14H13N3O. The quantitative estimate of drug-likeness (QED) is 0.598. The molecule has 0 radical (unpaired) electrons. The summed E-state index contributed by atoms with van der Waals surface area (Å²) in [6.07, 6.45) is 9.29. The molecule has 0 amide bonds. The lowest BCUT2D eigenvalue weighted by Crippen LogP contribution is -2.18. The molecule has 1 aromatic heterocycles. The van der Waals surface area contributed by atoms with Crippen LogP contribution in [0, 0.1) is 0 Å². The highest BCUT2D eigenvalue weighted by atomic mass is 16.1. The average molecular weight is 239 g/mol. The Morgan fingerprint density at radius 1 is 1.11 bits per heavy atom. The van der Waals surface area contributed by atoms with Gasteiger partial charge in [0.15, 0.2) is 0 Å². The summed E-state index contributed by atoms with van der Waals surface area (Å²) in [5.74, 6) is 0. The normalized spacial score (nSPS) is 17.6. The van der Waals surface area contributed by atoms with Crippen LogP contribution in [-0.2, 0) is 10.3 Å². The van der Waals surface area contributed by atoms with Crippen LogP contribution in [0.1, 0.15) is 31.2 Å². The largest absolute Gasteiger partial charge is 0.235 e. The fourth-order valence-electron chi connectivity index (χ4n) is 2.80. The second kappa shape index (κ2) is 4.31. The summed E-state index contributed by atoms with van der Waals surface area (Å²) in [5, 5.41) is 9.84. The van der Waals surface area contributed by atoms with Crippen LogP contribution in [0.3, 0.4) is 0 Å². The Bertz CT molecular complexity index is 626. The standard InChI is InChI=1S/C14H13N3O/c18-10-15-14(5-1-2-6-14)13-4-3-11-8-16-17-9-12(11)7-13/h3-4,7-9H,1-2,5-6H2. The van der Waals surface area contributed by atoms with Crippen molar-refractivity contribution >= 4 is 16.9 Å². The molecule has 1 aromatic carbocycles. The monoisotopic (exact) mass is 239 g/mol. The van der Waals surface area contributed by atoms with E-state index < -0.39 is 0 Å². The van der Waals surface area contributed by atoms with Crippen LogP contribution in [0.4, 0.5) is 0 Å². The molecular weight excluding hydrogens is 226 g/mol. The lowest BCUT2D eigenvalue weighted by molar-refractivity contribution is 0.456. The second-order valence-corrected chi connectivity index (χ2v) is 4.77. The molecule has 3 rings (SSSR count). The summed E-state index contributed by atoms with van der Waals surface area (Å²) >= 11 is 0. The number of hydrogen-bond donors (Lipinski definition) is 0. The molecule has 4 heteroatoms. The third-order valence-corrected chi connectivity index (χ3v) is 3.77. The number of hydrogen-bond acceptors (Lipinski definition) is 4. The van der Waals surface area contributed by atoms with Gasteiger partial charge >= 0.3 is 0 Å². The smallest absolute Gasteiger partial charge is 0.211 e. The van der Waals surface area contributed by atoms with Crippen LogP contribution in [-0.4, -0.2) is 16.3 Å². The first-order chi connectivity index (χ1) is 8.84. The Balaban J connectivity index is 2.15.